The third kappa shape index (κ3) is 3.14. The van der Waals surface area contributed by atoms with Crippen LogP contribution in [0.2, 0.25) is 0 Å². The van der Waals surface area contributed by atoms with Crippen LogP contribution in [0.3, 0.4) is 0 Å². The summed E-state index contributed by atoms with van der Waals surface area (Å²) in [6.07, 6.45) is 5.95. The number of amides is 2. The van der Waals surface area contributed by atoms with Crippen LogP contribution in [0.4, 0.5) is 0 Å². The molecule has 1 aromatic carbocycles. The summed E-state index contributed by atoms with van der Waals surface area (Å²) in [6, 6.07) is 6.41. The Balaban J connectivity index is 1.40. The van der Waals surface area contributed by atoms with E-state index in [9.17, 15) is 14.4 Å². The number of hydrogen-bond donors (Lipinski definition) is 0. The molecule has 2 aliphatic rings. The van der Waals surface area contributed by atoms with E-state index >= 15 is 0 Å². The number of carbonyl (C=O) groups excluding carboxylic acids is 3. The Morgan fingerprint density at radius 2 is 1.77 bits per heavy atom. The maximum absolute atomic E-state index is 12.2. The van der Waals surface area contributed by atoms with Gasteiger partial charge in [-0.3, -0.25) is 9.59 Å². The molecule has 2 aromatic rings. The summed E-state index contributed by atoms with van der Waals surface area (Å²) < 4.78 is 0. The van der Waals surface area contributed by atoms with E-state index < -0.39 is 17.8 Å². The molecule has 0 unspecified atom stereocenters. The van der Waals surface area contributed by atoms with Gasteiger partial charge >= 0.3 is 5.97 Å². The van der Waals surface area contributed by atoms with E-state index in [1.54, 1.807) is 24.3 Å². The zero-order valence-corrected chi connectivity index (χ0v) is 15.0. The second kappa shape index (κ2) is 6.99. The first-order valence-electron chi connectivity index (χ1n) is 8.76. The fraction of sp³-hybridized carbons (Fsp3) is 0.368. The molecule has 6 nitrogen and oxygen atoms in total. The minimum absolute atomic E-state index is 0.0508. The predicted molar refractivity (Wildman–Crippen MR) is 94.7 cm³/mol. The molecule has 0 bridgehead atoms. The molecule has 2 amide bonds. The average Bonchev–Trinajstić information content (AvgIpc) is 3.22. The minimum atomic E-state index is -0.663. The molecular weight excluding hydrogens is 352 g/mol. The van der Waals surface area contributed by atoms with Crippen LogP contribution in [0.5, 0.6) is 0 Å². The van der Waals surface area contributed by atoms with Gasteiger partial charge in [0.2, 0.25) is 0 Å². The van der Waals surface area contributed by atoms with Crippen LogP contribution in [-0.2, 0) is 16.1 Å². The molecule has 1 aliphatic heterocycles. The van der Waals surface area contributed by atoms with Gasteiger partial charge in [-0.2, -0.15) is 0 Å². The van der Waals surface area contributed by atoms with E-state index in [1.165, 1.54) is 30.6 Å². The van der Waals surface area contributed by atoms with Crippen molar-refractivity contribution in [1.29, 1.82) is 0 Å². The van der Waals surface area contributed by atoms with Gasteiger partial charge in [0.25, 0.3) is 11.8 Å². The number of fused-ring (bicyclic) bond motifs is 1. The van der Waals surface area contributed by atoms with Crippen LogP contribution >= 0.6 is 11.3 Å². The lowest BCUT2D eigenvalue weighted by Gasteiger charge is -2.19. The van der Waals surface area contributed by atoms with Crippen LogP contribution in [0.1, 0.15) is 69.4 Å². The van der Waals surface area contributed by atoms with Crippen LogP contribution in [0.25, 0.3) is 0 Å². The molecule has 1 saturated carbocycles. The maximum Gasteiger partial charge on any atom is 0.340 e. The number of aromatic nitrogens is 1. The number of carbonyl (C=O) groups is 3. The molecule has 2 heterocycles. The molecule has 1 fully saturated rings. The second-order valence-corrected chi connectivity index (χ2v) is 7.53. The zero-order chi connectivity index (χ0) is 18.1. The van der Waals surface area contributed by atoms with Gasteiger partial charge in [0, 0.05) is 11.3 Å². The number of hydrogen-bond acceptors (Lipinski definition) is 6. The third-order valence-corrected chi connectivity index (χ3v) is 5.71. The fourth-order valence-electron chi connectivity index (χ4n) is 3.50. The molecule has 0 N–H and O–H groups in total. The summed E-state index contributed by atoms with van der Waals surface area (Å²) in [5.41, 5.74) is 1.54. The number of hydroxylamine groups is 2. The Labute approximate surface area is 154 Å². The van der Waals surface area contributed by atoms with E-state index in [0.29, 0.717) is 16.0 Å². The van der Waals surface area contributed by atoms with Crippen molar-refractivity contribution in [3.63, 3.8) is 0 Å². The normalized spacial score (nSPS) is 17.5. The Morgan fingerprint density at radius 3 is 2.42 bits per heavy atom. The highest BCUT2D eigenvalue weighted by molar-refractivity contribution is 7.09. The summed E-state index contributed by atoms with van der Waals surface area (Å²) in [5, 5.41) is 3.19. The van der Waals surface area contributed by atoms with E-state index in [-0.39, 0.29) is 17.5 Å². The first-order valence-corrected chi connectivity index (χ1v) is 9.64. The lowest BCUT2D eigenvalue weighted by Crippen LogP contribution is -2.33. The van der Waals surface area contributed by atoms with Gasteiger partial charge in [-0.15, -0.1) is 11.3 Å². The molecular formula is C19H18N2O4S. The molecule has 26 heavy (non-hydrogen) atoms. The van der Waals surface area contributed by atoms with Crippen molar-refractivity contribution >= 4 is 29.1 Å². The van der Waals surface area contributed by atoms with Gasteiger partial charge in [0.1, 0.15) is 11.4 Å². The standard InChI is InChI=1S/C19H18N2O4S/c22-17(10-16-20-15(11-26-16)12-6-2-1-3-7-12)25-21-18(23)13-8-4-5-9-14(13)19(21)24/h4-5,8-9,11-12H,1-3,6-7,10H2. The largest absolute Gasteiger partial charge is 0.340 e. The highest BCUT2D eigenvalue weighted by Crippen LogP contribution is 2.33. The number of nitrogens with zero attached hydrogens (tertiary/aromatic N) is 2. The van der Waals surface area contributed by atoms with E-state index in [2.05, 4.69) is 4.98 Å². The van der Waals surface area contributed by atoms with Gasteiger partial charge < -0.3 is 4.84 Å². The molecule has 7 heteroatoms. The van der Waals surface area contributed by atoms with Crippen molar-refractivity contribution < 1.29 is 19.2 Å². The number of benzene rings is 1. The summed E-state index contributed by atoms with van der Waals surface area (Å²) >= 11 is 1.42. The summed E-state index contributed by atoms with van der Waals surface area (Å²) in [7, 11) is 0. The van der Waals surface area contributed by atoms with Gasteiger partial charge in [-0.05, 0) is 25.0 Å². The van der Waals surface area contributed by atoms with E-state index in [1.807, 2.05) is 5.38 Å². The zero-order valence-electron chi connectivity index (χ0n) is 14.1. The molecule has 0 atom stereocenters. The number of rotatable bonds is 4. The second-order valence-electron chi connectivity index (χ2n) is 6.59. The monoisotopic (exact) mass is 370 g/mol. The Kier molecular flexibility index (Phi) is 4.55. The number of imide groups is 1. The van der Waals surface area contributed by atoms with Crippen molar-refractivity contribution in [3.8, 4) is 0 Å². The van der Waals surface area contributed by atoms with Crippen molar-refractivity contribution in [2.45, 2.75) is 44.4 Å². The molecule has 1 aromatic heterocycles. The summed E-state index contributed by atoms with van der Waals surface area (Å²) in [5.74, 6) is -1.41. The SMILES string of the molecule is O=C(Cc1nc(C2CCCCC2)cs1)ON1C(=O)c2ccccc2C1=O. The molecule has 0 saturated heterocycles. The Bertz CT molecular complexity index is 835. The van der Waals surface area contributed by atoms with Gasteiger partial charge in [-0.25, -0.2) is 9.78 Å². The first-order chi connectivity index (χ1) is 12.6. The smallest absolute Gasteiger partial charge is 0.329 e. The maximum atomic E-state index is 12.2. The predicted octanol–water partition coefficient (Wildman–Crippen LogP) is 3.49. The van der Waals surface area contributed by atoms with Crippen molar-refractivity contribution in [2.24, 2.45) is 0 Å². The van der Waals surface area contributed by atoms with Crippen LogP contribution in [0.15, 0.2) is 29.6 Å². The van der Waals surface area contributed by atoms with E-state index in [4.69, 9.17) is 4.84 Å². The highest BCUT2D eigenvalue weighted by Gasteiger charge is 2.38. The van der Waals surface area contributed by atoms with Crippen molar-refractivity contribution in [1.82, 2.24) is 10.0 Å². The molecule has 4 rings (SSSR count). The molecule has 134 valence electrons. The van der Waals surface area contributed by atoms with Gasteiger partial charge in [0.05, 0.1) is 16.8 Å². The molecule has 0 radical (unpaired) electrons. The third-order valence-electron chi connectivity index (χ3n) is 4.84. The van der Waals surface area contributed by atoms with Crippen LogP contribution in [0, 0.1) is 0 Å². The average molecular weight is 370 g/mol. The molecule has 1 aliphatic carbocycles. The fourth-order valence-corrected chi connectivity index (χ4v) is 4.36. The topological polar surface area (TPSA) is 76.6 Å². The highest BCUT2D eigenvalue weighted by atomic mass is 32.1. The first kappa shape index (κ1) is 16.9. The quantitative estimate of drug-likeness (QED) is 0.770. The van der Waals surface area contributed by atoms with Crippen molar-refractivity contribution in [3.05, 3.63) is 51.5 Å². The lowest BCUT2D eigenvalue weighted by molar-refractivity contribution is -0.167. The lowest BCUT2D eigenvalue weighted by atomic mass is 9.87. The summed E-state index contributed by atoms with van der Waals surface area (Å²) in [4.78, 5) is 46.2. The van der Waals surface area contributed by atoms with Gasteiger partial charge in [0.15, 0.2) is 0 Å². The summed E-state index contributed by atoms with van der Waals surface area (Å²) in [6.45, 7) is 0. The van der Waals surface area contributed by atoms with Gasteiger partial charge in [-0.1, -0.05) is 36.5 Å². The van der Waals surface area contributed by atoms with Crippen molar-refractivity contribution in [2.75, 3.05) is 0 Å². The van der Waals surface area contributed by atoms with Crippen LogP contribution < -0.4 is 0 Å². The Hall–Kier alpha value is -2.54. The molecule has 0 spiro atoms. The van der Waals surface area contributed by atoms with E-state index in [0.717, 1.165) is 18.5 Å². The van der Waals surface area contributed by atoms with Crippen LogP contribution in [-0.4, -0.2) is 27.8 Å². The number of thiazole rings is 1. The minimum Gasteiger partial charge on any atom is -0.329 e. The Morgan fingerprint density at radius 1 is 1.12 bits per heavy atom.